The summed E-state index contributed by atoms with van der Waals surface area (Å²) in [4.78, 5) is 0. The van der Waals surface area contributed by atoms with E-state index in [-0.39, 0.29) is 0 Å². The van der Waals surface area contributed by atoms with Crippen molar-refractivity contribution in [3.8, 4) is 0 Å². The Morgan fingerprint density at radius 1 is 1.23 bits per heavy atom. The van der Waals surface area contributed by atoms with E-state index in [2.05, 4.69) is 31.2 Å². The van der Waals surface area contributed by atoms with Gasteiger partial charge in [0.1, 0.15) is 0 Å². The second kappa shape index (κ2) is 3.90. The SMILES string of the molecule is CCc1ccc(C(C)(N)CN)cc1. The Bertz CT molecular complexity index is 262. The quantitative estimate of drug-likeness (QED) is 0.734. The zero-order valence-corrected chi connectivity index (χ0v) is 8.38. The predicted molar refractivity (Wildman–Crippen MR) is 56.4 cm³/mol. The van der Waals surface area contributed by atoms with Gasteiger partial charge in [-0.1, -0.05) is 31.2 Å². The highest BCUT2D eigenvalue weighted by atomic mass is 14.8. The lowest BCUT2D eigenvalue weighted by atomic mass is 9.92. The second-order valence-corrected chi connectivity index (χ2v) is 3.67. The van der Waals surface area contributed by atoms with E-state index in [0.717, 1.165) is 12.0 Å². The number of hydrogen-bond acceptors (Lipinski definition) is 2. The number of aryl methyl sites for hydroxylation is 1. The van der Waals surface area contributed by atoms with Crippen molar-refractivity contribution in [3.63, 3.8) is 0 Å². The van der Waals surface area contributed by atoms with Gasteiger partial charge in [0.25, 0.3) is 0 Å². The third-order valence-electron chi connectivity index (χ3n) is 2.45. The molecule has 72 valence electrons. The minimum atomic E-state index is -0.397. The monoisotopic (exact) mass is 178 g/mol. The predicted octanol–water partition coefficient (Wildman–Crippen LogP) is 1.38. The number of hydrogen-bond donors (Lipinski definition) is 2. The lowest BCUT2D eigenvalue weighted by Crippen LogP contribution is -2.40. The summed E-state index contributed by atoms with van der Waals surface area (Å²) in [5, 5.41) is 0. The van der Waals surface area contributed by atoms with E-state index < -0.39 is 5.54 Å². The first kappa shape index (κ1) is 10.2. The first-order chi connectivity index (χ1) is 6.10. The zero-order chi connectivity index (χ0) is 9.90. The molecular weight excluding hydrogens is 160 g/mol. The third kappa shape index (κ3) is 2.29. The maximum Gasteiger partial charge on any atom is 0.0505 e. The summed E-state index contributed by atoms with van der Waals surface area (Å²) in [5.74, 6) is 0. The fraction of sp³-hybridized carbons (Fsp3) is 0.455. The molecule has 0 amide bonds. The fourth-order valence-electron chi connectivity index (χ4n) is 1.24. The van der Waals surface area contributed by atoms with Crippen molar-refractivity contribution in [1.82, 2.24) is 0 Å². The normalized spacial score (nSPS) is 15.4. The molecule has 0 heterocycles. The molecule has 0 aliphatic rings. The Morgan fingerprint density at radius 3 is 2.15 bits per heavy atom. The minimum Gasteiger partial charge on any atom is -0.328 e. The molecule has 1 atom stereocenters. The van der Waals surface area contributed by atoms with Crippen LogP contribution in [0.1, 0.15) is 25.0 Å². The maximum atomic E-state index is 6.00. The highest BCUT2D eigenvalue weighted by Crippen LogP contribution is 2.16. The molecule has 1 aromatic rings. The maximum absolute atomic E-state index is 6.00. The summed E-state index contributed by atoms with van der Waals surface area (Å²) in [6, 6.07) is 8.34. The van der Waals surface area contributed by atoms with Gasteiger partial charge in [0, 0.05) is 6.54 Å². The molecular formula is C11H18N2. The molecule has 1 unspecified atom stereocenters. The molecule has 0 saturated carbocycles. The van der Waals surface area contributed by atoms with Crippen LogP contribution >= 0.6 is 0 Å². The molecule has 0 fully saturated rings. The van der Waals surface area contributed by atoms with Crippen LogP contribution in [0.25, 0.3) is 0 Å². The van der Waals surface area contributed by atoms with Gasteiger partial charge in [-0.05, 0) is 24.5 Å². The van der Waals surface area contributed by atoms with Crippen molar-refractivity contribution >= 4 is 0 Å². The molecule has 2 nitrogen and oxygen atoms in total. The van der Waals surface area contributed by atoms with Crippen molar-refractivity contribution < 1.29 is 0 Å². The molecule has 0 saturated heterocycles. The van der Waals surface area contributed by atoms with Crippen LogP contribution in [-0.4, -0.2) is 6.54 Å². The van der Waals surface area contributed by atoms with E-state index in [9.17, 15) is 0 Å². The summed E-state index contributed by atoms with van der Waals surface area (Å²) in [7, 11) is 0. The molecule has 0 radical (unpaired) electrons. The van der Waals surface area contributed by atoms with Crippen LogP contribution in [-0.2, 0) is 12.0 Å². The Hall–Kier alpha value is -0.860. The van der Waals surface area contributed by atoms with Gasteiger partial charge in [0.2, 0.25) is 0 Å². The van der Waals surface area contributed by atoms with Gasteiger partial charge in [-0.2, -0.15) is 0 Å². The summed E-state index contributed by atoms with van der Waals surface area (Å²) in [5.41, 5.74) is 13.6. The van der Waals surface area contributed by atoms with E-state index in [1.54, 1.807) is 0 Å². The number of benzene rings is 1. The highest BCUT2D eigenvalue weighted by Gasteiger charge is 2.18. The molecule has 13 heavy (non-hydrogen) atoms. The molecule has 0 aliphatic carbocycles. The van der Waals surface area contributed by atoms with E-state index >= 15 is 0 Å². The minimum absolute atomic E-state index is 0.397. The first-order valence-corrected chi connectivity index (χ1v) is 4.68. The average Bonchev–Trinajstić information content (AvgIpc) is 2.18. The van der Waals surface area contributed by atoms with Gasteiger partial charge in [0.05, 0.1) is 5.54 Å². The molecule has 0 spiro atoms. The van der Waals surface area contributed by atoms with Gasteiger partial charge in [-0.15, -0.1) is 0 Å². The number of rotatable bonds is 3. The Morgan fingerprint density at radius 2 is 1.77 bits per heavy atom. The summed E-state index contributed by atoms with van der Waals surface area (Å²) >= 11 is 0. The van der Waals surface area contributed by atoms with E-state index in [1.165, 1.54) is 5.56 Å². The van der Waals surface area contributed by atoms with Gasteiger partial charge < -0.3 is 11.5 Å². The highest BCUT2D eigenvalue weighted by molar-refractivity contribution is 5.28. The third-order valence-corrected chi connectivity index (χ3v) is 2.45. The van der Waals surface area contributed by atoms with Crippen molar-refractivity contribution in [2.45, 2.75) is 25.8 Å². The van der Waals surface area contributed by atoms with Crippen LogP contribution in [0.5, 0.6) is 0 Å². The summed E-state index contributed by atoms with van der Waals surface area (Å²) in [6.07, 6.45) is 1.06. The average molecular weight is 178 g/mol. The molecule has 1 rings (SSSR count). The molecule has 0 aliphatic heterocycles. The smallest absolute Gasteiger partial charge is 0.0505 e. The van der Waals surface area contributed by atoms with Gasteiger partial charge >= 0.3 is 0 Å². The zero-order valence-electron chi connectivity index (χ0n) is 8.38. The number of nitrogens with two attached hydrogens (primary N) is 2. The molecule has 2 heteroatoms. The molecule has 0 bridgehead atoms. The van der Waals surface area contributed by atoms with Gasteiger partial charge in [-0.3, -0.25) is 0 Å². The van der Waals surface area contributed by atoms with Crippen LogP contribution in [0.15, 0.2) is 24.3 Å². The van der Waals surface area contributed by atoms with Crippen LogP contribution < -0.4 is 11.5 Å². The largest absolute Gasteiger partial charge is 0.328 e. The van der Waals surface area contributed by atoms with Crippen molar-refractivity contribution in [3.05, 3.63) is 35.4 Å². The van der Waals surface area contributed by atoms with Crippen LogP contribution in [0.3, 0.4) is 0 Å². The fourth-order valence-corrected chi connectivity index (χ4v) is 1.24. The van der Waals surface area contributed by atoms with Crippen LogP contribution in [0.2, 0.25) is 0 Å². The second-order valence-electron chi connectivity index (χ2n) is 3.67. The van der Waals surface area contributed by atoms with Gasteiger partial charge in [0.15, 0.2) is 0 Å². The molecule has 4 N–H and O–H groups in total. The van der Waals surface area contributed by atoms with Crippen molar-refractivity contribution in [1.29, 1.82) is 0 Å². The summed E-state index contributed by atoms with van der Waals surface area (Å²) in [6.45, 7) is 4.56. The Labute approximate surface area is 79.9 Å². The standard InChI is InChI=1S/C11H18N2/c1-3-9-4-6-10(7-5-9)11(2,13)8-12/h4-7H,3,8,12-13H2,1-2H3. The Kier molecular flexibility index (Phi) is 3.07. The van der Waals surface area contributed by atoms with Crippen molar-refractivity contribution in [2.75, 3.05) is 6.54 Å². The van der Waals surface area contributed by atoms with E-state index in [4.69, 9.17) is 11.5 Å². The van der Waals surface area contributed by atoms with Crippen molar-refractivity contribution in [2.24, 2.45) is 11.5 Å². The summed E-state index contributed by atoms with van der Waals surface area (Å²) < 4.78 is 0. The first-order valence-electron chi connectivity index (χ1n) is 4.68. The lowest BCUT2D eigenvalue weighted by Gasteiger charge is -2.23. The van der Waals surface area contributed by atoms with Gasteiger partial charge in [-0.25, -0.2) is 0 Å². The topological polar surface area (TPSA) is 52.0 Å². The van der Waals surface area contributed by atoms with Crippen LogP contribution in [0, 0.1) is 0 Å². The van der Waals surface area contributed by atoms with E-state index in [0.29, 0.717) is 6.54 Å². The Balaban J connectivity index is 2.92. The van der Waals surface area contributed by atoms with E-state index in [1.807, 2.05) is 6.92 Å². The molecule has 1 aromatic carbocycles. The molecule has 0 aromatic heterocycles. The van der Waals surface area contributed by atoms with Crippen LogP contribution in [0.4, 0.5) is 0 Å². The lowest BCUT2D eigenvalue weighted by molar-refractivity contribution is 0.507.